The van der Waals surface area contributed by atoms with Crippen LogP contribution in [0.5, 0.6) is 11.6 Å². The number of nitrogens with zero attached hydrogens (tertiary/aromatic N) is 7. The van der Waals surface area contributed by atoms with Crippen LogP contribution in [0.1, 0.15) is 5.82 Å². The minimum Gasteiger partial charge on any atom is -0.437 e. The van der Waals surface area contributed by atoms with E-state index < -0.39 is 0 Å². The van der Waals surface area contributed by atoms with Crippen LogP contribution in [0.25, 0.3) is 0 Å². The van der Waals surface area contributed by atoms with Gasteiger partial charge in [-0.25, -0.2) is 9.97 Å². The number of β-amino-alcohol motifs (C(OH)–C–C–N with tert-alkyl or cyclic N) is 1. The Morgan fingerprint density at radius 1 is 1.03 bits per heavy atom. The molecule has 3 aromatic heterocycles. The fraction of sp³-hybridized carbons (Fsp3) is 0.350. The lowest BCUT2D eigenvalue weighted by atomic mass is 10.3. The van der Waals surface area contributed by atoms with E-state index in [1.54, 1.807) is 30.6 Å². The molecule has 156 valence electrons. The van der Waals surface area contributed by atoms with Crippen molar-refractivity contribution in [2.24, 2.45) is 0 Å². The van der Waals surface area contributed by atoms with Crippen molar-refractivity contribution in [3.05, 3.63) is 48.5 Å². The number of ether oxygens (including phenoxy) is 1. The van der Waals surface area contributed by atoms with Gasteiger partial charge in [-0.05, 0) is 25.1 Å². The van der Waals surface area contributed by atoms with Crippen LogP contribution in [0.2, 0.25) is 0 Å². The highest BCUT2D eigenvalue weighted by atomic mass is 16.5. The van der Waals surface area contributed by atoms with Gasteiger partial charge in [0.05, 0.1) is 12.8 Å². The molecule has 30 heavy (non-hydrogen) atoms. The Morgan fingerprint density at radius 3 is 2.60 bits per heavy atom. The fourth-order valence-corrected chi connectivity index (χ4v) is 3.14. The highest BCUT2D eigenvalue weighted by molar-refractivity contribution is 5.50. The molecule has 1 fully saturated rings. The second-order valence-electron chi connectivity index (χ2n) is 6.83. The van der Waals surface area contributed by atoms with Crippen molar-refractivity contribution >= 4 is 17.7 Å². The second-order valence-corrected chi connectivity index (χ2v) is 6.83. The van der Waals surface area contributed by atoms with Crippen LogP contribution in [0, 0.1) is 6.92 Å². The van der Waals surface area contributed by atoms with Gasteiger partial charge in [-0.15, -0.1) is 0 Å². The average molecular weight is 408 g/mol. The lowest BCUT2D eigenvalue weighted by Gasteiger charge is -2.34. The summed E-state index contributed by atoms with van der Waals surface area (Å²) >= 11 is 0. The van der Waals surface area contributed by atoms with Crippen LogP contribution in [-0.4, -0.2) is 74.3 Å². The zero-order valence-corrected chi connectivity index (χ0v) is 16.8. The lowest BCUT2D eigenvalue weighted by Crippen LogP contribution is -2.47. The first-order valence-corrected chi connectivity index (χ1v) is 9.82. The lowest BCUT2D eigenvalue weighted by molar-refractivity contribution is 0.188. The molecule has 0 amide bonds. The van der Waals surface area contributed by atoms with Crippen molar-refractivity contribution in [1.29, 1.82) is 0 Å². The van der Waals surface area contributed by atoms with Gasteiger partial charge in [0, 0.05) is 45.0 Å². The number of anilines is 3. The van der Waals surface area contributed by atoms with Crippen molar-refractivity contribution in [1.82, 2.24) is 29.8 Å². The number of hydrogen-bond donors (Lipinski definition) is 2. The molecule has 1 aliphatic heterocycles. The third-order valence-electron chi connectivity index (χ3n) is 4.64. The van der Waals surface area contributed by atoms with Gasteiger partial charge < -0.3 is 20.1 Å². The Bertz CT molecular complexity index is 947. The van der Waals surface area contributed by atoms with Gasteiger partial charge in [-0.3, -0.25) is 4.90 Å². The first kappa shape index (κ1) is 19.9. The summed E-state index contributed by atoms with van der Waals surface area (Å²) in [4.78, 5) is 26.3. The molecule has 0 saturated carbocycles. The molecule has 0 aromatic carbocycles. The number of nitrogens with one attached hydrogen (secondary N) is 1. The van der Waals surface area contributed by atoms with Gasteiger partial charge in [-0.2, -0.15) is 15.0 Å². The first-order valence-electron chi connectivity index (χ1n) is 9.82. The predicted molar refractivity (Wildman–Crippen MR) is 112 cm³/mol. The number of rotatable bonds is 7. The summed E-state index contributed by atoms with van der Waals surface area (Å²) in [5.74, 6) is 3.43. The van der Waals surface area contributed by atoms with E-state index in [1.165, 1.54) is 0 Å². The molecule has 3 aromatic rings. The number of aryl methyl sites for hydroxylation is 1. The van der Waals surface area contributed by atoms with E-state index in [0.717, 1.165) is 26.2 Å². The van der Waals surface area contributed by atoms with Gasteiger partial charge in [0.2, 0.25) is 17.8 Å². The maximum atomic E-state index is 9.09. The van der Waals surface area contributed by atoms with Crippen LogP contribution >= 0.6 is 0 Å². The Kier molecular flexibility index (Phi) is 6.26. The summed E-state index contributed by atoms with van der Waals surface area (Å²) in [7, 11) is 0. The molecule has 0 aliphatic carbocycles. The monoisotopic (exact) mass is 408 g/mol. The van der Waals surface area contributed by atoms with Gasteiger partial charge in [-0.1, -0.05) is 6.07 Å². The van der Waals surface area contributed by atoms with E-state index in [0.29, 0.717) is 41.7 Å². The average Bonchev–Trinajstić information content (AvgIpc) is 2.76. The Hall–Kier alpha value is -3.37. The van der Waals surface area contributed by atoms with Gasteiger partial charge in [0.25, 0.3) is 0 Å². The molecule has 0 spiro atoms. The quantitative estimate of drug-likeness (QED) is 0.598. The molecule has 1 aliphatic rings. The van der Waals surface area contributed by atoms with Crippen molar-refractivity contribution < 1.29 is 9.84 Å². The van der Waals surface area contributed by atoms with Gasteiger partial charge in [0.15, 0.2) is 0 Å². The summed E-state index contributed by atoms with van der Waals surface area (Å²) in [5, 5.41) is 12.2. The molecule has 4 heterocycles. The number of aliphatic hydroxyl groups excluding tert-OH is 1. The van der Waals surface area contributed by atoms with Gasteiger partial charge in [0.1, 0.15) is 17.4 Å². The molecule has 1 saturated heterocycles. The molecule has 10 heteroatoms. The smallest absolute Gasteiger partial charge is 0.233 e. The SMILES string of the molecule is Cc1nc(Nc2ccc(Oc3ccccn3)cn2)nc(N2CCN(CCO)CC2)n1. The third-order valence-corrected chi connectivity index (χ3v) is 4.64. The summed E-state index contributed by atoms with van der Waals surface area (Å²) < 4.78 is 5.66. The summed E-state index contributed by atoms with van der Waals surface area (Å²) in [6.07, 6.45) is 3.29. The molecule has 0 bridgehead atoms. The number of pyridine rings is 2. The summed E-state index contributed by atoms with van der Waals surface area (Å²) in [5.41, 5.74) is 0. The van der Waals surface area contributed by atoms with Gasteiger partial charge >= 0.3 is 0 Å². The first-order chi connectivity index (χ1) is 14.7. The Balaban J connectivity index is 1.41. The number of aromatic nitrogens is 5. The molecular formula is C20H24N8O2. The van der Waals surface area contributed by atoms with Crippen LogP contribution in [0.4, 0.5) is 17.7 Å². The standard InChI is InChI=1S/C20H24N8O2/c1-15-23-19(26-20(24-15)28-10-8-27(9-11-28)12-13-29)25-17-6-5-16(14-22-17)30-18-4-2-3-7-21-18/h2-7,14,29H,8-13H2,1H3,(H,22,23,24,25,26). The Labute approximate surface area is 174 Å². The minimum atomic E-state index is 0.178. The maximum Gasteiger partial charge on any atom is 0.233 e. The maximum absolute atomic E-state index is 9.09. The van der Waals surface area contributed by atoms with Crippen molar-refractivity contribution in [2.45, 2.75) is 6.92 Å². The zero-order chi connectivity index (χ0) is 20.8. The molecule has 0 unspecified atom stereocenters. The number of piperazine rings is 1. The van der Waals surface area contributed by atoms with Crippen LogP contribution in [0.15, 0.2) is 42.7 Å². The number of aliphatic hydroxyl groups is 1. The Morgan fingerprint density at radius 2 is 1.90 bits per heavy atom. The predicted octanol–water partition coefficient (Wildman–Crippen LogP) is 1.62. The van der Waals surface area contributed by atoms with Crippen molar-refractivity contribution in [3.8, 4) is 11.6 Å². The molecule has 10 nitrogen and oxygen atoms in total. The molecule has 2 N–H and O–H groups in total. The number of hydrogen-bond acceptors (Lipinski definition) is 10. The highest BCUT2D eigenvalue weighted by Gasteiger charge is 2.19. The largest absolute Gasteiger partial charge is 0.437 e. The van der Waals surface area contributed by atoms with E-state index in [2.05, 4.69) is 40.0 Å². The van der Waals surface area contributed by atoms with Crippen molar-refractivity contribution in [2.75, 3.05) is 49.5 Å². The van der Waals surface area contributed by atoms with E-state index in [1.807, 2.05) is 19.1 Å². The van der Waals surface area contributed by atoms with E-state index >= 15 is 0 Å². The van der Waals surface area contributed by atoms with Crippen LogP contribution in [0.3, 0.4) is 0 Å². The van der Waals surface area contributed by atoms with Crippen LogP contribution in [-0.2, 0) is 0 Å². The molecular weight excluding hydrogens is 384 g/mol. The molecule has 0 atom stereocenters. The zero-order valence-electron chi connectivity index (χ0n) is 16.8. The van der Waals surface area contributed by atoms with Crippen molar-refractivity contribution in [3.63, 3.8) is 0 Å². The van der Waals surface area contributed by atoms with E-state index in [-0.39, 0.29) is 6.61 Å². The second kappa shape index (κ2) is 9.42. The van der Waals surface area contributed by atoms with E-state index in [9.17, 15) is 0 Å². The normalized spacial score (nSPS) is 14.5. The third kappa shape index (κ3) is 5.16. The summed E-state index contributed by atoms with van der Waals surface area (Å²) in [6, 6.07) is 9.08. The molecule has 4 rings (SSSR count). The molecule has 0 radical (unpaired) electrons. The minimum absolute atomic E-state index is 0.178. The summed E-state index contributed by atoms with van der Waals surface area (Å²) in [6.45, 7) is 6.07. The fourth-order valence-electron chi connectivity index (χ4n) is 3.14. The van der Waals surface area contributed by atoms with Crippen LogP contribution < -0.4 is 15.0 Å². The highest BCUT2D eigenvalue weighted by Crippen LogP contribution is 2.21. The van der Waals surface area contributed by atoms with E-state index in [4.69, 9.17) is 9.84 Å². The topological polar surface area (TPSA) is 112 Å².